The third-order valence-electron chi connectivity index (χ3n) is 3.52. The van der Waals surface area contributed by atoms with Gasteiger partial charge in [0.1, 0.15) is 0 Å². The monoisotopic (exact) mass is 359 g/mol. The normalized spacial score (nSPS) is 13.3. The molecule has 138 valence electrons. The Hall–Kier alpha value is -1.45. The van der Waals surface area contributed by atoms with E-state index in [0.717, 1.165) is 27.7 Å². The molecule has 0 aliphatic rings. The molecule has 0 fully saturated rings. The van der Waals surface area contributed by atoms with Crippen molar-refractivity contribution >= 4 is 10.2 Å². The second kappa shape index (κ2) is 9.75. The summed E-state index contributed by atoms with van der Waals surface area (Å²) < 4.78 is 12.6. The van der Waals surface area contributed by atoms with Gasteiger partial charge in [-0.15, -0.1) is 0 Å². The van der Waals surface area contributed by atoms with Crippen molar-refractivity contribution in [3.8, 4) is 0 Å². The molecule has 2 N–H and O–H groups in total. The smallest absolute Gasteiger partial charge is 0.333 e. The number of hydrogen-bond donors (Lipinski definition) is 2. The highest BCUT2D eigenvalue weighted by Gasteiger charge is 2.15. The van der Waals surface area contributed by atoms with Crippen molar-refractivity contribution in [3.05, 3.63) is 31.5 Å². The second-order valence-corrected chi connectivity index (χ2v) is 8.24. The van der Waals surface area contributed by atoms with E-state index in [9.17, 15) is 14.4 Å². The number of nitrogens with one attached hydrogen (secondary N) is 2. The highest BCUT2D eigenvalue weighted by Crippen LogP contribution is 2.19. The van der Waals surface area contributed by atoms with Crippen molar-refractivity contribution in [2.75, 3.05) is 0 Å². The van der Waals surface area contributed by atoms with Crippen molar-refractivity contribution in [2.24, 2.45) is 0 Å². The Kier molecular flexibility index (Phi) is 8.36. The minimum absolute atomic E-state index is 0.0968. The van der Waals surface area contributed by atoms with Gasteiger partial charge in [-0.2, -0.15) is 0 Å². The minimum Gasteiger partial charge on any atom is -0.350 e. The average Bonchev–Trinajstić information content (AvgIpc) is 2.42. The summed E-state index contributed by atoms with van der Waals surface area (Å²) in [6.45, 7) is 8.20. The highest BCUT2D eigenvalue weighted by atomic mass is 28.1. The zero-order valence-corrected chi connectivity index (χ0v) is 17.1. The van der Waals surface area contributed by atoms with Crippen LogP contribution < -0.4 is 17.1 Å². The Morgan fingerprint density at radius 2 is 1.42 bits per heavy atom. The molecule has 0 bridgehead atoms. The molecule has 0 aliphatic heterocycles. The van der Waals surface area contributed by atoms with Gasteiger partial charge in [-0.3, -0.25) is 9.97 Å². The molecule has 1 rings (SSSR count). The zero-order valence-electron chi connectivity index (χ0n) is 15.1. The topological polar surface area (TPSA) is 106 Å². The first-order valence-electron chi connectivity index (χ1n) is 8.43. The molecule has 0 aromatic carbocycles. The van der Waals surface area contributed by atoms with E-state index in [-0.39, 0.29) is 18.5 Å². The molecule has 0 radical (unpaired) electrons. The van der Waals surface area contributed by atoms with Gasteiger partial charge >= 0.3 is 17.1 Å². The summed E-state index contributed by atoms with van der Waals surface area (Å²) in [5.74, 6) is 0. The molecular weight excluding hydrogens is 330 g/mol. The highest BCUT2D eigenvalue weighted by molar-refractivity contribution is 6.11. The number of hydrogen-bond acceptors (Lipinski definition) is 5. The van der Waals surface area contributed by atoms with Crippen molar-refractivity contribution in [1.29, 1.82) is 0 Å². The van der Waals surface area contributed by atoms with Crippen LogP contribution >= 0.6 is 0 Å². The van der Waals surface area contributed by atoms with Crippen LogP contribution in [0.4, 0.5) is 0 Å². The molecule has 1 aromatic heterocycles. The Bertz CT molecular complexity index is 620. The van der Waals surface area contributed by atoms with Gasteiger partial charge in [0.2, 0.25) is 0 Å². The van der Waals surface area contributed by atoms with Gasteiger partial charge in [-0.1, -0.05) is 5.54 Å². The van der Waals surface area contributed by atoms with Crippen LogP contribution in [0, 0.1) is 0 Å². The fourth-order valence-corrected chi connectivity index (χ4v) is 2.94. The summed E-state index contributed by atoms with van der Waals surface area (Å²) in [5.41, 5.74) is -1.69. The van der Waals surface area contributed by atoms with E-state index in [1.807, 2.05) is 27.7 Å². The molecule has 1 aromatic rings. The number of nitrogens with zero attached hydrogens (tertiary/aromatic N) is 1. The zero-order chi connectivity index (χ0) is 18.3. The molecular formula is C15H29N3O5Si. The first-order chi connectivity index (χ1) is 11.2. The van der Waals surface area contributed by atoms with Gasteiger partial charge < -0.3 is 9.47 Å². The summed E-state index contributed by atoms with van der Waals surface area (Å²) in [6, 6.07) is 0. The Balaban J connectivity index is 2.53. The maximum atomic E-state index is 11.6. The van der Waals surface area contributed by atoms with E-state index in [0.29, 0.717) is 18.5 Å². The predicted molar refractivity (Wildman–Crippen MR) is 95.7 cm³/mol. The molecule has 9 heteroatoms. The van der Waals surface area contributed by atoms with Crippen LogP contribution in [0.15, 0.2) is 14.4 Å². The molecule has 0 amide bonds. The maximum Gasteiger partial charge on any atom is 0.333 e. The van der Waals surface area contributed by atoms with Gasteiger partial charge in [0, 0.05) is 16.8 Å². The summed E-state index contributed by atoms with van der Waals surface area (Å²) >= 11 is 0. The largest absolute Gasteiger partial charge is 0.350 e. The summed E-state index contributed by atoms with van der Waals surface area (Å²) in [5, 5.41) is 0. The first kappa shape index (κ1) is 20.6. The van der Waals surface area contributed by atoms with Gasteiger partial charge in [-0.25, -0.2) is 19.0 Å². The van der Waals surface area contributed by atoms with Crippen LogP contribution in [-0.4, -0.2) is 43.3 Å². The number of ether oxygens (including phenoxy) is 2. The SMILES string of the molecule is CC(C)OC(CCC([SiH3])CCn1c(=O)[nH]c(=O)[nH]c1=O)OC(C)C. The molecule has 1 unspecified atom stereocenters. The number of aromatic amines is 2. The lowest BCUT2D eigenvalue weighted by atomic mass is 10.1. The van der Waals surface area contributed by atoms with Gasteiger partial charge in [0.25, 0.3) is 0 Å². The minimum atomic E-state index is -0.775. The van der Waals surface area contributed by atoms with E-state index in [1.54, 1.807) is 0 Å². The van der Waals surface area contributed by atoms with Gasteiger partial charge in [-0.05, 0) is 47.0 Å². The Labute approximate surface area is 144 Å². The van der Waals surface area contributed by atoms with E-state index in [4.69, 9.17) is 9.47 Å². The second-order valence-electron chi connectivity index (χ2n) is 6.61. The lowest BCUT2D eigenvalue weighted by molar-refractivity contribution is -0.184. The molecule has 1 atom stereocenters. The summed E-state index contributed by atoms with van der Waals surface area (Å²) in [4.78, 5) is 38.4. The molecule has 24 heavy (non-hydrogen) atoms. The van der Waals surface area contributed by atoms with Crippen molar-refractivity contribution in [3.63, 3.8) is 0 Å². The van der Waals surface area contributed by atoms with Crippen LogP contribution in [0.5, 0.6) is 0 Å². The lowest BCUT2D eigenvalue weighted by Gasteiger charge is -2.24. The van der Waals surface area contributed by atoms with Crippen molar-refractivity contribution in [2.45, 2.75) is 77.5 Å². The fourth-order valence-electron chi connectivity index (χ4n) is 2.35. The molecule has 0 saturated carbocycles. The molecule has 8 nitrogen and oxygen atoms in total. The Morgan fingerprint density at radius 3 is 1.88 bits per heavy atom. The molecule has 1 heterocycles. The van der Waals surface area contributed by atoms with Crippen LogP contribution in [0.3, 0.4) is 0 Å². The third-order valence-corrected chi connectivity index (χ3v) is 4.67. The summed E-state index contributed by atoms with van der Waals surface area (Å²) in [6.07, 6.45) is 2.35. The van der Waals surface area contributed by atoms with Gasteiger partial charge in [0.05, 0.1) is 12.2 Å². The van der Waals surface area contributed by atoms with Crippen LogP contribution in [-0.2, 0) is 16.0 Å². The molecule has 0 spiro atoms. The standard InChI is InChI=1S/C15H29N3O5Si/c1-9(2)22-12(23-10(3)4)6-5-11(24)7-8-18-14(20)16-13(19)17-15(18)21/h9-12H,5-8H2,1-4,24H3,(H2,16,17,19,20,21). The lowest BCUT2D eigenvalue weighted by Crippen LogP contribution is -2.43. The number of aromatic nitrogens is 3. The predicted octanol–water partition coefficient (Wildman–Crippen LogP) is -0.275. The van der Waals surface area contributed by atoms with Gasteiger partial charge in [0.15, 0.2) is 6.29 Å². The van der Waals surface area contributed by atoms with E-state index < -0.39 is 17.1 Å². The van der Waals surface area contributed by atoms with Crippen molar-refractivity contribution < 1.29 is 9.47 Å². The van der Waals surface area contributed by atoms with E-state index >= 15 is 0 Å². The first-order valence-corrected chi connectivity index (χ1v) is 9.58. The fraction of sp³-hybridized carbons (Fsp3) is 0.800. The van der Waals surface area contributed by atoms with Crippen LogP contribution in [0.25, 0.3) is 0 Å². The third kappa shape index (κ3) is 7.41. The maximum absolute atomic E-state index is 11.6. The number of rotatable bonds is 10. The molecule has 0 aliphatic carbocycles. The quantitative estimate of drug-likeness (QED) is 0.442. The molecule has 0 saturated heterocycles. The average molecular weight is 359 g/mol. The van der Waals surface area contributed by atoms with Crippen molar-refractivity contribution in [1.82, 2.24) is 14.5 Å². The Morgan fingerprint density at radius 1 is 0.917 bits per heavy atom. The number of H-pyrrole nitrogens is 2. The summed E-state index contributed by atoms with van der Waals surface area (Å²) in [7, 11) is 0.937. The van der Waals surface area contributed by atoms with Crippen LogP contribution in [0.2, 0.25) is 5.54 Å². The van der Waals surface area contributed by atoms with E-state index in [1.165, 1.54) is 0 Å². The van der Waals surface area contributed by atoms with Crippen LogP contribution in [0.1, 0.15) is 47.0 Å². The van der Waals surface area contributed by atoms with E-state index in [2.05, 4.69) is 9.97 Å².